The van der Waals surface area contributed by atoms with Gasteiger partial charge in [0.05, 0.1) is 13.7 Å². The van der Waals surface area contributed by atoms with E-state index in [4.69, 9.17) is 0 Å². The van der Waals surface area contributed by atoms with Crippen LogP contribution in [0.15, 0.2) is 18.2 Å². The van der Waals surface area contributed by atoms with E-state index in [0.717, 1.165) is 12.1 Å². The molecule has 6 nitrogen and oxygen atoms in total. The third-order valence-electron chi connectivity index (χ3n) is 3.06. The summed E-state index contributed by atoms with van der Waals surface area (Å²) in [4.78, 5) is 35.2. The number of rotatable bonds is 7. The number of nitrogens with one attached hydrogen (secondary N) is 2. The fourth-order valence-corrected chi connectivity index (χ4v) is 2.02. The Morgan fingerprint density at radius 1 is 1.12 bits per heavy atom. The van der Waals surface area contributed by atoms with Crippen LogP contribution in [-0.2, 0) is 14.3 Å². The molecule has 0 heterocycles. The lowest BCUT2D eigenvalue weighted by Gasteiger charge is -2.18. The zero-order chi connectivity index (χ0) is 18.3. The molecule has 0 saturated heterocycles. The Hall–Kier alpha value is -2.51. The summed E-state index contributed by atoms with van der Waals surface area (Å²) in [6.45, 7) is 3.31. The molecule has 24 heavy (non-hydrogen) atoms. The minimum Gasteiger partial charge on any atom is -0.467 e. The molecule has 0 aliphatic carbocycles. The number of ether oxygens (including phenoxy) is 1. The smallest absolute Gasteiger partial charge is 0.328 e. The highest BCUT2D eigenvalue weighted by Crippen LogP contribution is 2.08. The first kappa shape index (κ1) is 19.5. The van der Waals surface area contributed by atoms with Crippen molar-refractivity contribution in [3.8, 4) is 0 Å². The van der Waals surface area contributed by atoms with Gasteiger partial charge in [-0.1, -0.05) is 13.8 Å². The Balaban J connectivity index is 2.60. The van der Waals surface area contributed by atoms with Crippen LogP contribution in [0.3, 0.4) is 0 Å². The molecule has 132 valence electrons. The Kier molecular flexibility index (Phi) is 7.29. The SMILES string of the molecule is COC(=O)C(CC(C)C)NC(=O)CNC(=O)c1cc(F)cc(F)c1. The van der Waals surface area contributed by atoms with Crippen LogP contribution in [0.25, 0.3) is 0 Å². The van der Waals surface area contributed by atoms with Gasteiger partial charge in [-0.15, -0.1) is 0 Å². The van der Waals surface area contributed by atoms with Gasteiger partial charge < -0.3 is 15.4 Å². The molecule has 0 aliphatic heterocycles. The van der Waals surface area contributed by atoms with Gasteiger partial charge in [0.15, 0.2) is 0 Å². The second kappa shape index (κ2) is 8.95. The van der Waals surface area contributed by atoms with Crippen molar-refractivity contribution in [2.45, 2.75) is 26.3 Å². The minimum atomic E-state index is -0.896. The molecule has 1 atom stereocenters. The third kappa shape index (κ3) is 6.31. The highest BCUT2D eigenvalue weighted by molar-refractivity contribution is 5.96. The van der Waals surface area contributed by atoms with E-state index in [-0.39, 0.29) is 11.5 Å². The molecule has 8 heteroatoms. The van der Waals surface area contributed by atoms with Crippen molar-refractivity contribution in [2.24, 2.45) is 5.92 Å². The normalized spacial score (nSPS) is 11.8. The number of halogens is 2. The highest BCUT2D eigenvalue weighted by Gasteiger charge is 2.22. The standard InChI is InChI=1S/C16H20F2N2O4/c1-9(2)4-13(16(23)24-3)20-14(21)8-19-15(22)10-5-11(17)7-12(18)6-10/h5-7,9,13H,4,8H2,1-3H3,(H,19,22)(H,20,21). The molecule has 1 unspecified atom stereocenters. The number of benzene rings is 1. The first-order valence-corrected chi connectivity index (χ1v) is 7.34. The number of carbonyl (C=O) groups is 3. The van der Waals surface area contributed by atoms with Crippen molar-refractivity contribution in [3.05, 3.63) is 35.4 Å². The van der Waals surface area contributed by atoms with Crippen LogP contribution in [0.1, 0.15) is 30.6 Å². The fourth-order valence-electron chi connectivity index (χ4n) is 2.02. The number of amides is 2. The van der Waals surface area contributed by atoms with Gasteiger partial charge in [-0.2, -0.15) is 0 Å². The summed E-state index contributed by atoms with van der Waals surface area (Å²) in [5.74, 6) is -3.66. The van der Waals surface area contributed by atoms with Crippen LogP contribution >= 0.6 is 0 Å². The molecule has 0 spiro atoms. The Morgan fingerprint density at radius 2 is 1.71 bits per heavy atom. The monoisotopic (exact) mass is 342 g/mol. The molecule has 0 bridgehead atoms. The fraction of sp³-hybridized carbons (Fsp3) is 0.438. The predicted molar refractivity (Wildman–Crippen MR) is 82.1 cm³/mol. The number of hydrogen-bond donors (Lipinski definition) is 2. The van der Waals surface area contributed by atoms with E-state index >= 15 is 0 Å². The van der Waals surface area contributed by atoms with Gasteiger partial charge in [0.25, 0.3) is 5.91 Å². The van der Waals surface area contributed by atoms with Gasteiger partial charge >= 0.3 is 5.97 Å². The number of methoxy groups -OCH3 is 1. The summed E-state index contributed by atoms with van der Waals surface area (Å²) in [5, 5.41) is 4.68. The third-order valence-corrected chi connectivity index (χ3v) is 3.06. The average Bonchev–Trinajstić information content (AvgIpc) is 2.49. The lowest BCUT2D eigenvalue weighted by Crippen LogP contribution is -2.46. The first-order chi connectivity index (χ1) is 11.2. The minimum absolute atomic E-state index is 0.138. The van der Waals surface area contributed by atoms with E-state index in [0.29, 0.717) is 12.5 Å². The van der Waals surface area contributed by atoms with E-state index in [1.807, 2.05) is 13.8 Å². The van der Waals surface area contributed by atoms with Crippen LogP contribution in [-0.4, -0.2) is 37.5 Å². The van der Waals surface area contributed by atoms with E-state index in [2.05, 4.69) is 15.4 Å². The van der Waals surface area contributed by atoms with Crippen LogP contribution < -0.4 is 10.6 Å². The molecule has 0 aliphatic rings. The quantitative estimate of drug-likeness (QED) is 0.734. The molecule has 2 N–H and O–H groups in total. The maximum absolute atomic E-state index is 13.1. The summed E-state index contributed by atoms with van der Waals surface area (Å²) >= 11 is 0. The lowest BCUT2D eigenvalue weighted by molar-refractivity contribution is -0.145. The topological polar surface area (TPSA) is 84.5 Å². The average molecular weight is 342 g/mol. The van der Waals surface area contributed by atoms with Crippen molar-refractivity contribution in [1.29, 1.82) is 0 Å². The molecule has 1 rings (SSSR count). The number of hydrogen-bond acceptors (Lipinski definition) is 4. The number of esters is 1. The van der Waals surface area contributed by atoms with Crippen molar-refractivity contribution in [3.63, 3.8) is 0 Å². The molecular formula is C16H20F2N2O4. The summed E-state index contributed by atoms with van der Waals surface area (Å²) in [7, 11) is 1.21. The number of carbonyl (C=O) groups excluding carboxylic acids is 3. The van der Waals surface area contributed by atoms with E-state index in [9.17, 15) is 23.2 Å². The second-order valence-corrected chi connectivity index (χ2v) is 5.61. The van der Waals surface area contributed by atoms with Crippen LogP contribution in [0.4, 0.5) is 8.78 Å². The predicted octanol–water partition coefficient (Wildman–Crippen LogP) is 1.40. The largest absolute Gasteiger partial charge is 0.467 e. The Bertz CT molecular complexity index is 600. The molecule has 0 radical (unpaired) electrons. The molecule has 1 aromatic carbocycles. The molecule has 2 amide bonds. The zero-order valence-electron chi connectivity index (χ0n) is 13.7. The van der Waals surface area contributed by atoms with Crippen LogP contribution in [0.5, 0.6) is 0 Å². The van der Waals surface area contributed by atoms with Crippen molar-refractivity contribution in [1.82, 2.24) is 10.6 Å². The summed E-state index contributed by atoms with van der Waals surface area (Å²) in [5.41, 5.74) is -0.244. The molecule has 0 aromatic heterocycles. The van der Waals surface area contributed by atoms with Gasteiger partial charge in [-0.05, 0) is 24.5 Å². The van der Waals surface area contributed by atoms with Crippen molar-refractivity contribution < 1.29 is 27.9 Å². The lowest BCUT2D eigenvalue weighted by atomic mass is 10.0. The maximum atomic E-state index is 13.1. The Labute approximate surface area is 138 Å². The van der Waals surface area contributed by atoms with E-state index in [1.165, 1.54) is 7.11 Å². The van der Waals surface area contributed by atoms with Gasteiger partial charge in [0.2, 0.25) is 5.91 Å². The molecule has 0 saturated carbocycles. The van der Waals surface area contributed by atoms with E-state index < -0.39 is 42.0 Å². The molecule has 1 aromatic rings. The summed E-state index contributed by atoms with van der Waals surface area (Å²) in [6, 6.07) is 1.51. The Morgan fingerprint density at radius 3 is 2.21 bits per heavy atom. The van der Waals surface area contributed by atoms with Gasteiger partial charge in [-0.25, -0.2) is 13.6 Å². The van der Waals surface area contributed by atoms with Crippen molar-refractivity contribution in [2.75, 3.05) is 13.7 Å². The van der Waals surface area contributed by atoms with Gasteiger partial charge in [-0.3, -0.25) is 9.59 Å². The summed E-state index contributed by atoms with van der Waals surface area (Å²) < 4.78 is 30.7. The summed E-state index contributed by atoms with van der Waals surface area (Å²) in [6.07, 6.45) is 0.376. The first-order valence-electron chi connectivity index (χ1n) is 7.34. The van der Waals surface area contributed by atoms with Gasteiger partial charge in [0, 0.05) is 11.6 Å². The van der Waals surface area contributed by atoms with Crippen molar-refractivity contribution >= 4 is 17.8 Å². The molecular weight excluding hydrogens is 322 g/mol. The zero-order valence-corrected chi connectivity index (χ0v) is 13.7. The van der Waals surface area contributed by atoms with E-state index in [1.54, 1.807) is 0 Å². The van der Waals surface area contributed by atoms with Crippen LogP contribution in [0, 0.1) is 17.6 Å². The van der Waals surface area contributed by atoms with Gasteiger partial charge in [0.1, 0.15) is 17.7 Å². The molecule has 0 fully saturated rings. The maximum Gasteiger partial charge on any atom is 0.328 e. The van der Waals surface area contributed by atoms with Crippen LogP contribution in [0.2, 0.25) is 0 Å². The second-order valence-electron chi connectivity index (χ2n) is 5.61. The highest BCUT2D eigenvalue weighted by atomic mass is 19.1.